The van der Waals surface area contributed by atoms with E-state index >= 15 is 0 Å². The molecule has 6 heteroatoms. The van der Waals surface area contributed by atoms with Crippen LogP contribution in [0.2, 0.25) is 0 Å². The zero-order valence-corrected chi connectivity index (χ0v) is 12.2. The Kier molecular flexibility index (Phi) is 3.89. The fourth-order valence-corrected chi connectivity index (χ4v) is 3.06. The van der Waals surface area contributed by atoms with Gasteiger partial charge in [-0.1, -0.05) is 18.2 Å². The highest BCUT2D eigenvalue weighted by atomic mass is 19.4. The van der Waals surface area contributed by atoms with E-state index in [1.807, 2.05) is 0 Å². The van der Waals surface area contributed by atoms with Crippen molar-refractivity contribution in [3.8, 4) is 0 Å². The number of hydrogen-bond acceptors (Lipinski definition) is 2. The van der Waals surface area contributed by atoms with Gasteiger partial charge < -0.3 is 10.6 Å². The van der Waals surface area contributed by atoms with Crippen LogP contribution in [-0.2, 0) is 16.4 Å². The normalized spacial score (nSPS) is 23.9. The van der Waals surface area contributed by atoms with Crippen LogP contribution in [0.15, 0.2) is 24.3 Å². The minimum atomic E-state index is -4.38. The van der Waals surface area contributed by atoms with Crippen molar-refractivity contribution in [2.24, 2.45) is 0 Å². The van der Waals surface area contributed by atoms with Crippen LogP contribution in [0.3, 0.4) is 0 Å². The number of carbonyl (C=O) groups is 1. The molecule has 1 saturated carbocycles. The Morgan fingerprint density at radius 1 is 1.32 bits per heavy atom. The highest BCUT2D eigenvalue weighted by molar-refractivity contribution is 5.91. The van der Waals surface area contributed by atoms with Crippen LogP contribution < -0.4 is 10.6 Å². The Morgan fingerprint density at radius 2 is 2.09 bits per heavy atom. The lowest BCUT2D eigenvalue weighted by atomic mass is 9.92. The van der Waals surface area contributed by atoms with E-state index in [1.54, 1.807) is 6.07 Å². The lowest BCUT2D eigenvalue weighted by Gasteiger charge is -2.26. The Hall–Kier alpha value is -1.56. The number of alkyl halides is 3. The van der Waals surface area contributed by atoms with Crippen molar-refractivity contribution in [2.75, 3.05) is 13.1 Å². The maximum Gasteiger partial charge on any atom is 0.416 e. The van der Waals surface area contributed by atoms with Crippen LogP contribution in [0.5, 0.6) is 0 Å². The first kappa shape index (κ1) is 15.3. The number of piperidine rings is 1. The van der Waals surface area contributed by atoms with Crippen molar-refractivity contribution in [3.05, 3.63) is 35.4 Å². The molecule has 2 fully saturated rings. The van der Waals surface area contributed by atoms with Crippen molar-refractivity contribution < 1.29 is 18.0 Å². The lowest BCUT2D eigenvalue weighted by Crippen LogP contribution is -2.48. The summed E-state index contributed by atoms with van der Waals surface area (Å²) in [7, 11) is 0. The van der Waals surface area contributed by atoms with Gasteiger partial charge in [-0.15, -0.1) is 0 Å². The van der Waals surface area contributed by atoms with Crippen LogP contribution in [-0.4, -0.2) is 25.0 Å². The third kappa shape index (κ3) is 2.97. The summed E-state index contributed by atoms with van der Waals surface area (Å²) in [5.74, 6) is -0.138. The number of nitrogens with one attached hydrogen (secondary N) is 2. The summed E-state index contributed by atoms with van der Waals surface area (Å²) in [6.07, 6.45) is -1.24. The molecule has 1 heterocycles. The van der Waals surface area contributed by atoms with Gasteiger partial charge in [-0.3, -0.25) is 4.79 Å². The summed E-state index contributed by atoms with van der Waals surface area (Å²) in [6, 6.07) is 5.24. The molecule has 2 aliphatic rings. The van der Waals surface area contributed by atoms with E-state index in [0.717, 1.165) is 38.1 Å². The number of carbonyl (C=O) groups excluding carboxylic acids is 1. The number of benzene rings is 1. The minimum Gasteiger partial charge on any atom is -0.351 e. The maximum absolute atomic E-state index is 12.8. The number of amides is 1. The summed E-state index contributed by atoms with van der Waals surface area (Å²) >= 11 is 0. The number of halogens is 3. The molecule has 1 saturated heterocycles. The first-order valence-electron chi connectivity index (χ1n) is 7.61. The Morgan fingerprint density at radius 3 is 2.68 bits per heavy atom. The van der Waals surface area contributed by atoms with E-state index < -0.39 is 17.2 Å². The summed E-state index contributed by atoms with van der Waals surface area (Å²) in [6.45, 7) is 1.68. The van der Waals surface area contributed by atoms with Gasteiger partial charge in [0.05, 0.1) is 11.0 Å². The van der Waals surface area contributed by atoms with Crippen LogP contribution in [0, 0.1) is 0 Å². The second kappa shape index (κ2) is 5.57. The molecule has 1 aliphatic heterocycles. The summed E-state index contributed by atoms with van der Waals surface area (Å²) in [5, 5.41) is 6.21. The van der Waals surface area contributed by atoms with E-state index in [2.05, 4.69) is 10.6 Å². The standard InChI is InChI=1S/C16H19F3N2O/c17-16(18,19)12-4-1-3-11(9-12)15(6-7-15)14(22)21-13-5-2-8-20-10-13/h1,3-4,9,13,20H,2,5-8,10H2,(H,21,22)/t13-/m0/s1. The topological polar surface area (TPSA) is 41.1 Å². The second-order valence-corrected chi connectivity index (χ2v) is 6.18. The molecular formula is C16H19F3N2O. The lowest BCUT2D eigenvalue weighted by molar-refractivity contribution is -0.137. The van der Waals surface area contributed by atoms with Gasteiger partial charge in [0, 0.05) is 12.6 Å². The monoisotopic (exact) mass is 312 g/mol. The second-order valence-electron chi connectivity index (χ2n) is 6.18. The third-order valence-electron chi connectivity index (χ3n) is 4.56. The van der Waals surface area contributed by atoms with E-state index in [4.69, 9.17) is 0 Å². The van der Waals surface area contributed by atoms with E-state index in [9.17, 15) is 18.0 Å². The maximum atomic E-state index is 12.8. The molecule has 3 rings (SSSR count). The molecule has 0 radical (unpaired) electrons. The van der Waals surface area contributed by atoms with Gasteiger partial charge in [0.2, 0.25) is 5.91 Å². The van der Waals surface area contributed by atoms with Crippen LogP contribution in [0.4, 0.5) is 13.2 Å². The van der Waals surface area contributed by atoms with Gasteiger partial charge in [-0.05, 0) is 43.9 Å². The van der Waals surface area contributed by atoms with Crippen molar-refractivity contribution in [1.82, 2.24) is 10.6 Å². The molecule has 2 N–H and O–H groups in total. The van der Waals surface area contributed by atoms with Crippen molar-refractivity contribution in [1.29, 1.82) is 0 Å². The van der Waals surface area contributed by atoms with Gasteiger partial charge in [0.25, 0.3) is 0 Å². The van der Waals surface area contributed by atoms with E-state index in [0.29, 0.717) is 18.4 Å². The smallest absolute Gasteiger partial charge is 0.351 e. The third-order valence-corrected chi connectivity index (χ3v) is 4.56. The van der Waals surface area contributed by atoms with Crippen molar-refractivity contribution >= 4 is 5.91 Å². The molecular weight excluding hydrogens is 293 g/mol. The van der Waals surface area contributed by atoms with Gasteiger partial charge in [-0.2, -0.15) is 13.2 Å². The largest absolute Gasteiger partial charge is 0.416 e. The molecule has 22 heavy (non-hydrogen) atoms. The molecule has 3 nitrogen and oxygen atoms in total. The van der Waals surface area contributed by atoms with Gasteiger partial charge in [0.1, 0.15) is 0 Å². The summed E-state index contributed by atoms with van der Waals surface area (Å²) < 4.78 is 38.5. The average molecular weight is 312 g/mol. The number of hydrogen-bond donors (Lipinski definition) is 2. The molecule has 1 atom stereocenters. The predicted octanol–water partition coefficient (Wildman–Crippen LogP) is 2.61. The molecule has 0 bridgehead atoms. The van der Waals surface area contributed by atoms with Crippen LogP contribution in [0.25, 0.3) is 0 Å². The molecule has 0 aromatic heterocycles. The van der Waals surface area contributed by atoms with E-state index in [-0.39, 0.29) is 11.9 Å². The van der Waals surface area contributed by atoms with Crippen molar-refractivity contribution in [3.63, 3.8) is 0 Å². The van der Waals surface area contributed by atoms with E-state index in [1.165, 1.54) is 6.07 Å². The van der Waals surface area contributed by atoms with Crippen LogP contribution in [0.1, 0.15) is 36.8 Å². The molecule has 1 aliphatic carbocycles. The molecule has 1 aromatic rings. The average Bonchev–Trinajstić information content (AvgIpc) is 3.29. The summed E-state index contributed by atoms with van der Waals surface area (Å²) in [4.78, 5) is 12.5. The Labute approximate surface area is 127 Å². The SMILES string of the molecule is O=C(N[C@H]1CCCNC1)C1(c2cccc(C(F)(F)F)c2)CC1. The minimum absolute atomic E-state index is 0.0736. The fourth-order valence-electron chi connectivity index (χ4n) is 3.06. The fraction of sp³-hybridized carbons (Fsp3) is 0.562. The predicted molar refractivity (Wildman–Crippen MR) is 76.4 cm³/mol. The first-order valence-corrected chi connectivity index (χ1v) is 7.61. The highest BCUT2D eigenvalue weighted by Gasteiger charge is 2.52. The molecule has 1 aromatic carbocycles. The zero-order chi connectivity index (χ0) is 15.8. The van der Waals surface area contributed by atoms with Crippen LogP contribution >= 0.6 is 0 Å². The van der Waals surface area contributed by atoms with Gasteiger partial charge in [-0.25, -0.2) is 0 Å². The quantitative estimate of drug-likeness (QED) is 0.901. The van der Waals surface area contributed by atoms with Crippen molar-refractivity contribution in [2.45, 2.75) is 43.3 Å². The Balaban J connectivity index is 1.76. The Bertz CT molecular complexity index is 561. The van der Waals surface area contributed by atoms with Gasteiger partial charge >= 0.3 is 6.18 Å². The molecule has 0 spiro atoms. The summed E-state index contributed by atoms with van der Waals surface area (Å²) in [5.41, 5.74) is -0.981. The first-order chi connectivity index (χ1) is 10.4. The number of rotatable bonds is 3. The molecule has 1 amide bonds. The molecule has 120 valence electrons. The molecule has 0 unspecified atom stereocenters. The highest BCUT2D eigenvalue weighted by Crippen LogP contribution is 2.49. The van der Waals surface area contributed by atoms with Gasteiger partial charge in [0.15, 0.2) is 0 Å². The zero-order valence-electron chi connectivity index (χ0n) is 12.2.